The van der Waals surface area contributed by atoms with Crippen LogP contribution in [0, 0.1) is 0 Å². The quantitative estimate of drug-likeness (QED) is 0.291. The van der Waals surface area contributed by atoms with Crippen molar-refractivity contribution in [3.8, 4) is 0 Å². The van der Waals surface area contributed by atoms with E-state index < -0.39 is 22.2 Å². The first-order chi connectivity index (χ1) is 20.5. The van der Waals surface area contributed by atoms with Crippen LogP contribution in [-0.2, 0) is 32.4 Å². The molecule has 5 rings (SSSR count). The van der Waals surface area contributed by atoms with Crippen LogP contribution in [0.25, 0.3) is 0 Å². The molecular weight excluding hydrogens is 623 g/mol. The molecule has 1 amide bonds. The van der Waals surface area contributed by atoms with Crippen LogP contribution >= 0.6 is 11.3 Å². The summed E-state index contributed by atoms with van der Waals surface area (Å²) < 4.78 is 63.2. The molecule has 44 heavy (non-hydrogen) atoms. The first-order valence-electron chi connectivity index (χ1n) is 13.4. The largest absolute Gasteiger partial charge is 0.490 e. The molecule has 16 heteroatoms. The van der Waals surface area contributed by atoms with E-state index in [1.54, 1.807) is 18.2 Å². The number of carbonyl (C=O) groups is 2. The molecule has 2 aliphatic rings. The van der Waals surface area contributed by atoms with E-state index in [-0.39, 0.29) is 17.5 Å². The third-order valence-corrected chi connectivity index (χ3v) is 8.26. The average Bonchev–Trinajstić information content (AvgIpc) is 3.31. The number of aromatic nitrogens is 1. The minimum absolute atomic E-state index is 0.0469. The smallest absolute Gasteiger partial charge is 0.475 e. The number of sulfonamides is 1. The van der Waals surface area contributed by atoms with E-state index in [4.69, 9.17) is 19.6 Å². The number of alkyl halides is 3. The number of benzene rings is 2. The van der Waals surface area contributed by atoms with Crippen molar-refractivity contribution in [2.75, 3.05) is 41.0 Å². The van der Waals surface area contributed by atoms with Crippen LogP contribution in [0.15, 0.2) is 48.5 Å². The summed E-state index contributed by atoms with van der Waals surface area (Å²) in [5, 5.41) is 14.4. The summed E-state index contributed by atoms with van der Waals surface area (Å²) in [6.07, 6.45) is -2.48. The van der Waals surface area contributed by atoms with Crippen LogP contribution in [0.3, 0.4) is 0 Å². The Bertz CT molecular complexity index is 1630. The monoisotopic (exact) mass is 655 g/mol. The zero-order valence-corrected chi connectivity index (χ0v) is 25.7. The van der Waals surface area contributed by atoms with Crippen molar-refractivity contribution in [3.63, 3.8) is 0 Å². The Morgan fingerprint density at radius 1 is 1.18 bits per heavy atom. The molecule has 238 valence electrons. The minimum Gasteiger partial charge on any atom is -0.475 e. The van der Waals surface area contributed by atoms with Crippen molar-refractivity contribution < 1.29 is 41.0 Å². The fraction of sp³-hybridized carbons (Fsp3) is 0.393. The van der Waals surface area contributed by atoms with Gasteiger partial charge in [0.25, 0.3) is 5.91 Å². The van der Waals surface area contributed by atoms with Gasteiger partial charge in [0.15, 0.2) is 5.13 Å². The fourth-order valence-electron chi connectivity index (χ4n) is 4.75. The van der Waals surface area contributed by atoms with E-state index in [0.717, 1.165) is 47.0 Å². The molecule has 1 saturated heterocycles. The molecule has 0 spiro atoms. The number of hydrogen-bond donors (Lipinski definition) is 4. The Morgan fingerprint density at radius 3 is 2.48 bits per heavy atom. The van der Waals surface area contributed by atoms with Crippen molar-refractivity contribution in [2.45, 2.75) is 44.4 Å². The zero-order valence-electron chi connectivity index (χ0n) is 24.1. The van der Waals surface area contributed by atoms with E-state index in [1.807, 2.05) is 32.0 Å². The summed E-state index contributed by atoms with van der Waals surface area (Å²) in [7, 11) is -3.35. The number of fused-ring (bicyclic) bond motifs is 1. The number of morpholine rings is 1. The number of nitrogens with one attached hydrogen (secondary N) is 3. The van der Waals surface area contributed by atoms with Gasteiger partial charge in [-0.1, -0.05) is 29.5 Å². The maximum Gasteiger partial charge on any atom is 0.490 e. The number of nitrogens with zero attached hydrogens (tertiary/aromatic N) is 2. The molecule has 1 aromatic heterocycles. The van der Waals surface area contributed by atoms with Gasteiger partial charge < -0.3 is 25.4 Å². The SMILES string of the molecule is CC1(C)Cc2nc(N3CCOCC3Cc3cccc(Nc4cccc(NS(C)(=O)=O)c4)c3)sc2C(=O)N1.O=C(O)C(F)(F)F. The molecule has 1 atom stereocenters. The number of amides is 1. The van der Waals surface area contributed by atoms with Gasteiger partial charge in [-0.15, -0.1) is 0 Å². The summed E-state index contributed by atoms with van der Waals surface area (Å²) in [5.74, 6) is -2.80. The van der Waals surface area contributed by atoms with E-state index in [9.17, 15) is 26.4 Å². The highest BCUT2D eigenvalue weighted by atomic mass is 32.2. The topological polar surface area (TPSA) is 150 Å². The number of rotatable bonds is 7. The molecule has 1 unspecified atom stereocenters. The molecule has 1 fully saturated rings. The average molecular weight is 656 g/mol. The Labute approximate surface area is 256 Å². The summed E-state index contributed by atoms with van der Waals surface area (Å²) in [6, 6.07) is 15.4. The molecule has 0 bridgehead atoms. The van der Waals surface area contributed by atoms with Crippen LogP contribution in [-0.4, -0.2) is 74.2 Å². The third kappa shape index (κ3) is 9.06. The minimum atomic E-state index is -5.08. The molecule has 2 aromatic carbocycles. The molecule has 2 aliphatic heterocycles. The van der Waals surface area contributed by atoms with E-state index in [0.29, 0.717) is 30.2 Å². The molecule has 0 radical (unpaired) electrons. The number of carboxylic acid groups (broad SMARTS) is 1. The number of hydrogen-bond acceptors (Lipinski definition) is 9. The Hall–Kier alpha value is -3.89. The second kappa shape index (κ2) is 13.0. The second-order valence-corrected chi connectivity index (χ2v) is 13.7. The number of anilines is 4. The van der Waals surface area contributed by atoms with Gasteiger partial charge in [-0.3, -0.25) is 9.52 Å². The van der Waals surface area contributed by atoms with Crippen molar-refractivity contribution >= 4 is 55.4 Å². The maximum atomic E-state index is 12.6. The van der Waals surface area contributed by atoms with Gasteiger partial charge in [0.1, 0.15) is 4.88 Å². The summed E-state index contributed by atoms with van der Waals surface area (Å²) in [4.78, 5) is 29.4. The van der Waals surface area contributed by atoms with Crippen LogP contribution < -0.4 is 20.3 Å². The van der Waals surface area contributed by atoms with Gasteiger partial charge in [0.2, 0.25) is 10.0 Å². The van der Waals surface area contributed by atoms with Gasteiger partial charge in [0, 0.05) is 29.9 Å². The van der Waals surface area contributed by atoms with Crippen molar-refractivity contribution in [3.05, 3.63) is 64.7 Å². The predicted octanol–water partition coefficient (Wildman–Crippen LogP) is 4.40. The normalized spacial score (nSPS) is 17.9. The zero-order chi connectivity index (χ0) is 32.3. The molecular formula is C28H32F3N5O6S2. The third-order valence-electron chi connectivity index (χ3n) is 6.52. The fourth-order valence-corrected chi connectivity index (χ4v) is 6.38. The van der Waals surface area contributed by atoms with Gasteiger partial charge >= 0.3 is 12.1 Å². The Balaban J connectivity index is 0.000000566. The summed E-state index contributed by atoms with van der Waals surface area (Å²) >= 11 is 1.46. The van der Waals surface area contributed by atoms with Crippen molar-refractivity contribution in [1.29, 1.82) is 0 Å². The number of carbonyl (C=O) groups excluding carboxylic acids is 1. The first-order valence-corrected chi connectivity index (χ1v) is 16.1. The number of aliphatic carboxylic acids is 1. The van der Waals surface area contributed by atoms with Crippen LogP contribution in [0.1, 0.15) is 34.8 Å². The predicted molar refractivity (Wildman–Crippen MR) is 161 cm³/mol. The van der Waals surface area contributed by atoms with Crippen LogP contribution in [0.5, 0.6) is 0 Å². The number of ether oxygens (including phenoxy) is 1. The highest BCUT2D eigenvalue weighted by Gasteiger charge is 2.38. The molecule has 11 nitrogen and oxygen atoms in total. The lowest BCUT2D eigenvalue weighted by Gasteiger charge is -2.35. The van der Waals surface area contributed by atoms with Crippen LogP contribution in [0.2, 0.25) is 0 Å². The first kappa shape index (κ1) is 33.0. The van der Waals surface area contributed by atoms with Gasteiger partial charge in [0.05, 0.1) is 36.9 Å². The lowest BCUT2D eigenvalue weighted by atomic mass is 9.94. The number of thiazole rings is 1. The Kier molecular flexibility index (Phi) is 9.75. The van der Waals surface area contributed by atoms with E-state index in [2.05, 4.69) is 32.4 Å². The molecule has 4 N–H and O–H groups in total. The standard InChI is InChI=1S/C26H31N5O4S2.C2HF3O2/c1-26(2)15-22-23(24(32)29-26)36-25(28-22)31-10-11-35-16-21(31)13-17-6-4-7-18(12-17)27-19-8-5-9-20(14-19)30-37(3,33)34;3-2(4,5)1(6)7/h4-9,12,14,21,27,30H,10-11,13,15-16H2,1-3H3,(H,29,32);(H,6,7). The molecule has 3 aromatic rings. The lowest BCUT2D eigenvalue weighted by molar-refractivity contribution is -0.192. The van der Waals surface area contributed by atoms with Crippen molar-refractivity contribution in [2.24, 2.45) is 0 Å². The molecule has 0 saturated carbocycles. The van der Waals surface area contributed by atoms with E-state index >= 15 is 0 Å². The summed E-state index contributed by atoms with van der Waals surface area (Å²) in [5.41, 5.74) is 3.90. The number of halogens is 3. The molecule has 0 aliphatic carbocycles. The highest BCUT2D eigenvalue weighted by molar-refractivity contribution is 7.92. The van der Waals surface area contributed by atoms with Gasteiger partial charge in [-0.2, -0.15) is 13.2 Å². The highest BCUT2D eigenvalue weighted by Crippen LogP contribution is 2.34. The second-order valence-electron chi connectivity index (χ2n) is 11.0. The van der Waals surface area contributed by atoms with Gasteiger partial charge in [-0.25, -0.2) is 18.2 Å². The Morgan fingerprint density at radius 2 is 1.82 bits per heavy atom. The molecule has 3 heterocycles. The van der Waals surface area contributed by atoms with E-state index in [1.165, 1.54) is 11.3 Å². The maximum absolute atomic E-state index is 12.6. The number of carboxylic acids is 1. The lowest BCUT2D eigenvalue weighted by Crippen LogP contribution is -2.48. The van der Waals surface area contributed by atoms with Gasteiger partial charge in [-0.05, 0) is 56.2 Å². The van der Waals surface area contributed by atoms with Crippen molar-refractivity contribution in [1.82, 2.24) is 10.3 Å². The summed E-state index contributed by atoms with van der Waals surface area (Å²) in [6.45, 7) is 5.96. The van der Waals surface area contributed by atoms with Crippen LogP contribution in [0.4, 0.5) is 35.4 Å².